The van der Waals surface area contributed by atoms with Crippen molar-refractivity contribution in [1.29, 1.82) is 0 Å². The molecule has 5 heteroatoms. The number of furan rings is 1. The van der Waals surface area contributed by atoms with Gasteiger partial charge in [0, 0.05) is 13.0 Å². The normalized spacial score (nSPS) is 10.5. The predicted octanol–water partition coefficient (Wildman–Crippen LogP) is 0.831. The summed E-state index contributed by atoms with van der Waals surface area (Å²) in [5.74, 6) is 1.02. The Morgan fingerprint density at radius 3 is 3.00 bits per heavy atom. The molecule has 2 N–H and O–H groups in total. The Morgan fingerprint density at radius 1 is 1.38 bits per heavy atom. The molecule has 0 aromatic carbocycles. The third-order valence-electron chi connectivity index (χ3n) is 1.59. The van der Waals surface area contributed by atoms with E-state index < -0.39 is 0 Å². The second-order valence-corrected chi connectivity index (χ2v) is 2.55. The average molecular weight is 179 g/mol. The van der Waals surface area contributed by atoms with Crippen LogP contribution in [-0.2, 0) is 6.42 Å². The van der Waals surface area contributed by atoms with Crippen LogP contribution >= 0.6 is 0 Å². The Labute approximate surface area is 74.6 Å². The summed E-state index contributed by atoms with van der Waals surface area (Å²) in [6, 6.07) is 1.76. The first-order chi connectivity index (χ1) is 6.40. The quantitative estimate of drug-likeness (QED) is 0.755. The molecule has 2 rings (SSSR count). The van der Waals surface area contributed by atoms with E-state index >= 15 is 0 Å². The minimum atomic E-state index is 0.470. The molecule has 68 valence electrons. The van der Waals surface area contributed by atoms with Crippen molar-refractivity contribution in [3.8, 4) is 11.5 Å². The molecule has 0 spiro atoms. The minimum absolute atomic E-state index is 0.470. The lowest BCUT2D eigenvalue weighted by atomic mass is 10.3. The van der Waals surface area contributed by atoms with Gasteiger partial charge >= 0.3 is 0 Å². The molecule has 0 aliphatic rings. The first-order valence-corrected chi connectivity index (χ1v) is 3.95. The van der Waals surface area contributed by atoms with Crippen molar-refractivity contribution in [2.45, 2.75) is 6.42 Å². The van der Waals surface area contributed by atoms with E-state index in [0.29, 0.717) is 24.7 Å². The maximum atomic E-state index is 5.34. The van der Waals surface area contributed by atoms with Gasteiger partial charge in [-0.1, -0.05) is 0 Å². The van der Waals surface area contributed by atoms with Crippen molar-refractivity contribution >= 4 is 0 Å². The second kappa shape index (κ2) is 3.40. The predicted molar refractivity (Wildman–Crippen MR) is 44.8 cm³/mol. The average Bonchev–Trinajstić information content (AvgIpc) is 2.70. The lowest BCUT2D eigenvalue weighted by molar-refractivity contribution is 0.505. The Kier molecular flexibility index (Phi) is 2.09. The van der Waals surface area contributed by atoms with E-state index in [1.54, 1.807) is 18.6 Å². The maximum absolute atomic E-state index is 5.34. The van der Waals surface area contributed by atoms with E-state index in [1.165, 1.54) is 0 Å². The minimum Gasteiger partial charge on any atom is -0.472 e. The molecule has 13 heavy (non-hydrogen) atoms. The van der Waals surface area contributed by atoms with E-state index in [9.17, 15) is 0 Å². The molecule has 0 aliphatic carbocycles. The van der Waals surface area contributed by atoms with E-state index in [2.05, 4.69) is 10.2 Å². The molecule has 5 nitrogen and oxygen atoms in total. The van der Waals surface area contributed by atoms with Crippen molar-refractivity contribution < 1.29 is 8.83 Å². The molecule has 2 aromatic heterocycles. The molecule has 0 fully saturated rings. The number of aromatic nitrogens is 2. The third-order valence-corrected chi connectivity index (χ3v) is 1.59. The second-order valence-electron chi connectivity index (χ2n) is 2.55. The zero-order valence-electron chi connectivity index (χ0n) is 6.93. The summed E-state index contributed by atoms with van der Waals surface area (Å²) in [5.41, 5.74) is 6.13. The lowest BCUT2D eigenvalue weighted by Crippen LogP contribution is -2.02. The molecule has 2 heterocycles. The standard InChI is InChI=1S/C8H9N3O2/c9-3-1-7-10-11-8(13-7)6-2-4-12-5-6/h2,4-5H,1,3,9H2. The molecule has 0 bridgehead atoms. The lowest BCUT2D eigenvalue weighted by Gasteiger charge is -1.86. The van der Waals surface area contributed by atoms with E-state index in [0.717, 1.165) is 5.56 Å². The summed E-state index contributed by atoms with van der Waals surface area (Å²) in [6.07, 6.45) is 3.72. The highest BCUT2D eigenvalue weighted by atomic mass is 16.4. The highest BCUT2D eigenvalue weighted by Crippen LogP contribution is 2.17. The SMILES string of the molecule is NCCc1nnc(-c2ccoc2)o1. The summed E-state index contributed by atoms with van der Waals surface area (Å²) >= 11 is 0. The molecule has 0 amide bonds. The van der Waals surface area contributed by atoms with Crippen molar-refractivity contribution in [3.63, 3.8) is 0 Å². The van der Waals surface area contributed by atoms with Crippen LogP contribution in [-0.4, -0.2) is 16.7 Å². The van der Waals surface area contributed by atoms with E-state index in [-0.39, 0.29) is 0 Å². The topological polar surface area (TPSA) is 78.1 Å². The van der Waals surface area contributed by atoms with Crippen LogP contribution < -0.4 is 5.73 Å². The Morgan fingerprint density at radius 2 is 2.31 bits per heavy atom. The monoisotopic (exact) mass is 179 g/mol. The Hall–Kier alpha value is -1.62. The number of nitrogens with zero attached hydrogens (tertiary/aromatic N) is 2. The van der Waals surface area contributed by atoms with Crippen molar-refractivity contribution in [2.24, 2.45) is 5.73 Å². The summed E-state index contributed by atoms with van der Waals surface area (Å²) in [6.45, 7) is 0.507. The van der Waals surface area contributed by atoms with E-state index in [1.807, 2.05) is 0 Å². The van der Waals surface area contributed by atoms with Gasteiger partial charge in [-0.15, -0.1) is 10.2 Å². The van der Waals surface area contributed by atoms with Gasteiger partial charge in [-0.25, -0.2) is 0 Å². The number of hydrogen-bond acceptors (Lipinski definition) is 5. The van der Waals surface area contributed by atoms with Gasteiger partial charge in [0.1, 0.15) is 6.26 Å². The van der Waals surface area contributed by atoms with Gasteiger partial charge in [0.05, 0.1) is 11.8 Å². The fourth-order valence-corrected chi connectivity index (χ4v) is 0.981. The fraction of sp³-hybridized carbons (Fsp3) is 0.250. The van der Waals surface area contributed by atoms with Gasteiger partial charge in [-0.05, 0) is 6.07 Å². The molecule has 2 aromatic rings. The van der Waals surface area contributed by atoms with Gasteiger partial charge < -0.3 is 14.6 Å². The number of nitrogens with two attached hydrogens (primary N) is 1. The van der Waals surface area contributed by atoms with Gasteiger partial charge in [0.2, 0.25) is 5.89 Å². The Balaban J connectivity index is 2.23. The largest absolute Gasteiger partial charge is 0.472 e. The molecular weight excluding hydrogens is 170 g/mol. The van der Waals surface area contributed by atoms with Gasteiger partial charge in [0.15, 0.2) is 0 Å². The molecule has 0 unspecified atom stereocenters. The highest BCUT2D eigenvalue weighted by molar-refractivity contribution is 5.49. The zero-order valence-corrected chi connectivity index (χ0v) is 6.93. The van der Waals surface area contributed by atoms with Crippen molar-refractivity contribution in [1.82, 2.24) is 10.2 Å². The van der Waals surface area contributed by atoms with Crippen LogP contribution in [0, 0.1) is 0 Å². The van der Waals surface area contributed by atoms with Gasteiger partial charge in [0.25, 0.3) is 5.89 Å². The zero-order chi connectivity index (χ0) is 9.10. The molecule has 0 aliphatic heterocycles. The maximum Gasteiger partial charge on any atom is 0.250 e. The Bertz CT molecular complexity index is 366. The van der Waals surface area contributed by atoms with Crippen molar-refractivity contribution in [3.05, 3.63) is 24.5 Å². The van der Waals surface area contributed by atoms with Crippen LogP contribution in [0.5, 0.6) is 0 Å². The molecule has 0 radical (unpaired) electrons. The van der Waals surface area contributed by atoms with Crippen LogP contribution in [0.25, 0.3) is 11.5 Å². The first kappa shape index (κ1) is 8.00. The van der Waals surface area contributed by atoms with Crippen molar-refractivity contribution in [2.75, 3.05) is 6.54 Å². The van der Waals surface area contributed by atoms with Crippen LogP contribution in [0.3, 0.4) is 0 Å². The summed E-state index contributed by atoms with van der Waals surface area (Å²) < 4.78 is 10.2. The molecule has 0 saturated heterocycles. The number of hydrogen-bond donors (Lipinski definition) is 1. The van der Waals surface area contributed by atoms with Crippen LogP contribution in [0.15, 0.2) is 27.4 Å². The third kappa shape index (κ3) is 1.59. The van der Waals surface area contributed by atoms with Crippen LogP contribution in [0.1, 0.15) is 5.89 Å². The van der Waals surface area contributed by atoms with Gasteiger partial charge in [-0.2, -0.15) is 0 Å². The van der Waals surface area contributed by atoms with E-state index in [4.69, 9.17) is 14.6 Å². The first-order valence-electron chi connectivity index (χ1n) is 3.95. The van der Waals surface area contributed by atoms with Crippen LogP contribution in [0.4, 0.5) is 0 Å². The summed E-state index contributed by atoms with van der Waals surface area (Å²) in [4.78, 5) is 0. The van der Waals surface area contributed by atoms with Crippen LogP contribution in [0.2, 0.25) is 0 Å². The smallest absolute Gasteiger partial charge is 0.250 e. The molecular formula is C8H9N3O2. The fourth-order valence-electron chi connectivity index (χ4n) is 0.981. The summed E-state index contributed by atoms with van der Waals surface area (Å²) in [5, 5.41) is 7.67. The van der Waals surface area contributed by atoms with Gasteiger partial charge in [-0.3, -0.25) is 0 Å². The highest BCUT2D eigenvalue weighted by Gasteiger charge is 2.07. The molecule has 0 saturated carbocycles. The number of rotatable bonds is 3. The molecule has 0 atom stereocenters. The summed E-state index contributed by atoms with van der Waals surface area (Å²) in [7, 11) is 0.